The lowest BCUT2D eigenvalue weighted by Gasteiger charge is -2.06. The first kappa shape index (κ1) is 34.8. The van der Waals surface area contributed by atoms with Crippen molar-refractivity contribution in [3.05, 3.63) is 85.8 Å². The van der Waals surface area contributed by atoms with E-state index in [1.54, 1.807) is 30.3 Å². The van der Waals surface area contributed by atoms with Gasteiger partial charge in [-0.05, 0) is 63.0 Å². The Bertz CT molecular complexity index is 1230. The SMILES string of the molecule is Cc1ccc(S(=O)(=O)OCCOCCF)cc1.FCCOCCOc1cccc(Br)n1.O=c1cccc(Br)[nH]1. The Labute approximate surface area is 243 Å². The van der Waals surface area contributed by atoms with Crippen LogP contribution in [0.4, 0.5) is 8.78 Å². The molecule has 3 aromatic rings. The van der Waals surface area contributed by atoms with E-state index in [-0.39, 0.29) is 36.9 Å². The van der Waals surface area contributed by atoms with Crippen molar-refractivity contribution in [3.63, 3.8) is 0 Å². The third-order valence-electron chi connectivity index (χ3n) is 4.12. The maximum absolute atomic E-state index is 11.7. The predicted octanol–water partition coefficient (Wildman–Crippen LogP) is 5.03. The summed E-state index contributed by atoms with van der Waals surface area (Å²) in [6, 6.07) is 16.6. The molecule has 0 aliphatic carbocycles. The van der Waals surface area contributed by atoms with E-state index >= 15 is 0 Å². The van der Waals surface area contributed by atoms with E-state index in [9.17, 15) is 22.0 Å². The van der Waals surface area contributed by atoms with Gasteiger partial charge in [-0.2, -0.15) is 8.42 Å². The normalized spacial score (nSPS) is 10.6. The highest BCUT2D eigenvalue weighted by Gasteiger charge is 2.14. The molecule has 0 amide bonds. The molecule has 9 nitrogen and oxygen atoms in total. The Balaban J connectivity index is 0.000000310. The summed E-state index contributed by atoms with van der Waals surface area (Å²) in [5.41, 5.74) is 0.884. The summed E-state index contributed by atoms with van der Waals surface area (Å²) in [7, 11) is -3.74. The molecule has 14 heteroatoms. The van der Waals surface area contributed by atoms with Crippen LogP contribution in [0.25, 0.3) is 0 Å². The first-order valence-corrected chi connectivity index (χ1v) is 14.5. The Morgan fingerprint density at radius 3 is 1.97 bits per heavy atom. The third kappa shape index (κ3) is 17.2. The lowest BCUT2D eigenvalue weighted by molar-refractivity contribution is 0.0883. The van der Waals surface area contributed by atoms with Gasteiger partial charge in [-0.15, -0.1) is 0 Å². The number of aryl methyl sites for hydroxylation is 1. The minimum Gasteiger partial charge on any atom is -0.475 e. The Morgan fingerprint density at radius 2 is 1.44 bits per heavy atom. The Hall–Kier alpha value is -2.23. The summed E-state index contributed by atoms with van der Waals surface area (Å²) in [6.45, 7) is 1.57. The zero-order valence-electron chi connectivity index (χ0n) is 21.2. The highest BCUT2D eigenvalue weighted by molar-refractivity contribution is 9.10. The van der Waals surface area contributed by atoms with Crippen LogP contribution in [-0.4, -0.2) is 71.4 Å². The molecule has 2 heterocycles. The first-order valence-electron chi connectivity index (χ1n) is 11.5. The molecule has 216 valence electrons. The molecular formula is C25H30Br2F2N2O7S. The number of rotatable bonds is 13. The van der Waals surface area contributed by atoms with E-state index in [2.05, 4.69) is 41.8 Å². The number of aromatic nitrogens is 2. The summed E-state index contributed by atoms with van der Waals surface area (Å²) < 4.78 is 67.6. The van der Waals surface area contributed by atoms with Crippen LogP contribution in [0, 0.1) is 6.92 Å². The second-order valence-corrected chi connectivity index (χ2v) is 10.5. The average Bonchev–Trinajstić information content (AvgIpc) is 2.89. The molecule has 39 heavy (non-hydrogen) atoms. The molecule has 0 aliphatic rings. The molecule has 1 aromatic carbocycles. The molecule has 2 aromatic heterocycles. The minimum absolute atomic E-state index is 0.0477. The van der Waals surface area contributed by atoms with Crippen LogP contribution in [0.2, 0.25) is 0 Å². The average molecular weight is 700 g/mol. The van der Waals surface area contributed by atoms with Crippen LogP contribution in [0.1, 0.15) is 5.56 Å². The first-order chi connectivity index (χ1) is 18.7. The van der Waals surface area contributed by atoms with E-state index in [0.29, 0.717) is 23.7 Å². The van der Waals surface area contributed by atoms with Crippen LogP contribution in [0.5, 0.6) is 5.88 Å². The number of ether oxygens (including phenoxy) is 3. The monoisotopic (exact) mass is 698 g/mol. The minimum atomic E-state index is -3.74. The number of hydrogen-bond donors (Lipinski definition) is 1. The van der Waals surface area contributed by atoms with Crippen molar-refractivity contribution in [1.29, 1.82) is 0 Å². The fraction of sp³-hybridized carbons (Fsp3) is 0.360. The third-order valence-corrected chi connectivity index (χ3v) is 6.35. The van der Waals surface area contributed by atoms with Crippen molar-refractivity contribution in [2.75, 3.05) is 53.0 Å². The van der Waals surface area contributed by atoms with Crippen molar-refractivity contribution in [2.45, 2.75) is 11.8 Å². The summed E-state index contributed by atoms with van der Waals surface area (Å²) in [6.07, 6.45) is 0. The maximum atomic E-state index is 11.7. The van der Waals surface area contributed by atoms with Gasteiger partial charge in [0.1, 0.15) is 24.6 Å². The van der Waals surface area contributed by atoms with Gasteiger partial charge in [0.25, 0.3) is 10.1 Å². The summed E-state index contributed by atoms with van der Waals surface area (Å²) in [5.74, 6) is 0.531. The van der Waals surface area contributed by atoms with Gasteiger partial charge in [-0.1, -0.05) is 29.8 Å². The van der Waals surface area contributed by atoms with E-state index in [1.165, 1.54) is 18.2 Å². The number of benzene rings is 1. The van der Waals surface area contributed by atoms with Crippen LogP contribution in [0.3, 0.4) is 0 Å². The number of halogens is 4. The van der Waals surface area contributed by atoms with Gasteiger partial charge in [0.15, 0.2) is 0 Å². The van der Waals surface area contributed by atoms with Gasteiger partial charge in [-0.3, -0.25) is 8.98 Å². The molecule has 1 N–H and O–H groups in total. The Morgan fingerprint density at radius 1 is 0.821 bits per heavy atom. The van der Waals surface area contributed by atoms with Crippen molar-refractivity contribution in [2.24, 2.45) is 0 Å². The van der Waals surface area contributed by atoms with Crippen molar-refractivity contribution in [1.82, 2.24) is 9.97 Å². The summed E-state index contributed by atoms with van der Waals surface area (Å²) in [4.78, 5) is 17.1. The molecule has 0 atom stereocenters. The van der Waals surface area contributed by atoms with Gasteiger partial charge < -0.3 is 19.2 Å². The fourth-order valence-electron chi connectivity index (χ4n) is 2.39. The molecule has 0 aliphatic heterocycles. The second kappa shape index (κ2) is 20.6. The molecular weight excluding hydrogens is 670 g/mol. The van der Waals surface area contributed by atoms with Gasteiger partial charge in [0.2, 0.25) is 11.4 Å². The number of nitrogens with one attached hydrogen (secondary N) is 1. The quantitative estimate of drug-likeness (QED) is 0.150. The topological polar surface area (TPSA) is 117 Å². The number of pyridine rings is 2. The number of aromatic amines is 1. The van der Waals surface area contributed by atoms with E-state index in [0.717, 1.165) is 10.2 Å². The number of H-pyrrole nitrogens is 1. The van der Waals surface area contributed by atoms with E-state index in [4.69, 9.17) is 18.4 Å². The smallest absolute Gasteiger partial charge is 0.297 e. The highest BCUT2D eigenvalue weighted by Crippen LogP contribution is 2.13. The van der Waals surface area contributed by atoms with E-state index in [1.807, 2.05) is 19.1 Å². The number of alkyl halides is 2. The zero-order chi connectivity index (χ0) is 28.9. The van der Waals surface area contributed by atoms with Gasteiger partial charge in [-0.25, -0.2) is 13.8 Å². The van der Waals surface area contributed by atoms with Crippen LogP contribution >= 0.6 is 31.9 Å². The van der Waals surface area contributed by atoms with Crippen molar-refractivity contribution < 1.29 is 35.6 Å². The number of hydrogen-bond acceptors (Lipinski definition) is 8. The fourth-order valence-corrected chi connectivity index (χ4v) is 3.95. The molecule has 0 saturated carbocycles. The van der Waals surface area contributed by atoms with Crippen molar-refractivity contribution in [3.8, 4) is 5.88 Å². The zero-order valence-corrected chi connectivity index (χ0v) is 25.1. The maximum Gasteiger partial charge on any atom is 0.297 e. The van der Waals surface area contributed by atoms with Crippen molar-refractivity contribution >= 4 is 42.0 Å². The molecule has 0 spiro atoms. The second-order valence-electron chi connectivity index (χ2n) is 7.20. The lowest BCUT2D eigenvalue weighted by Crippen LogP contribution is -2.12. The predicted molar refractivity (Wildman–Crippen MR) is 150 cm³/mol. The molecule has 3 rings (SSSR count). The van der Waals surface area contributed by atoms with Gasteiger partial charge >= 0.3 is 0 Å². The van der Waals surface area contributed by atoms with Gasteiger partial charge in [0.05, 0.1) is 42.5 Å². The van der Waals surface area contributed by atoms with Crippen LogP contribution < -0.4 is 10.3 Å². The molecule has 0 saturated heterocycles. The lowest BCUT2D eigenvalue weighted by atomic mass is 10.2. The molecule has 0 radical (unpaired) electrons. The van der Waals surface area contributed by atoms with E-state index < -0.39 is 23.5 Å². The summed E-state index contributed by atoms with van der Waals surface area (Å²) in [5, 5.41) is 0. The van der Waals surface area contributed by atoms with Gasteiger partial charge in [0, 0.05) is 12.1 Å². The Kier molecular flexibility index (Phi) is 18.4. The van der Waals surface area contributed by atoms with Crippen LogP contribution in [0.15, 0.2) is 79.6 Å². The highest BCUT2D eigenvalue weighted by atomic mass is 79.9. The molecule has 0 bridgehead atoms. The molecule has 0 fully saturated rings. The largest absolute Gasteiger partial charge is 0.475 e. The summed E-state index contributed by atoms with van der Waals surface area (Å²) >= 11 is 6.33. The van der Waals surface area contributed by atoms with Crippen LogP contribution in [-0.2, 0) is 23.8 Å². The molecule has 0 unspecified atom stereocenters. The standard InChI is InChI=1S/C11H15FO4S.C9H11BrFNO2.C5H4BrNO/c1-10-2-4-11(5-3-10)17(13,14)16-9-8-15-7-6-12;10-8-2-1-3-9(12-8)14-7-6-13-5-4-11;6-4-2-1-3-5(8)7-4/h2-5H,6-9H2,1H3;1-3H,4-7H2;1-3H,(H,7,8). The number of nitrogens with zero attached hydrogens (tertiary/aromatic N) is 1.